The number of allylic oxidation sites excluding steroid dienone is 1. The predicted molar refractivity (Wildman–Crippen MR) is 41.0 cm³/mol. The van der Waals surface area contributed by atoms with Gasteiger partial charge in [-0.1, -0.05) is 12.7 Å². The van der Waals surface area contributed by atoms with E-state index in [1.807, 2.05) is 0 Å². The molecule has 0 N–H and O–H groups in total. The monoisotopic (exact) mass is 154 g/mol. The first-order valence-corrected chi connectivity index (χ1v) is 3.15. The van der Waals surface area contributed by atoms with Crippen LogP contribution in [0.3, 0.4) is 0 Å². The number of esters is 1. The van der Waals surface area contributed by atoms with Crippen molar-refractivity contribution >= 4 is 11.8 Å². The van der Waals surface area contributed by atoms with Gasteiger partial charge in [0, 0.05) is 6.08 Å². The van der Waals surface area contributed by atoms with Gasteiger partial charge in [0.05, 0.1) is 0 Å². The quantitative estimate of drug-likeness (QED) is 0.445. The van der Waals surface area contributed by atoms with Crippen molar-refractivity contribution in [2.75, 3.05) is 6.61 Å². The Balaban J connectivity index is 3.62. The Morgan fingerprint density at radius 1 is 1.55 bits per heavy atom. The molecule has 0 rings (SSSR count). The Labute approximate surface area is 65.4 Å². The van der Waals surface area contributed by atoms with Crippen LogP contribution in [0.15, 0.2) is 24.8 Å². The van der Waals surface area contributed by atoms with Crippen LogP contribution in [0.1, 0.15) is 6.92 Å². The van der Waals surface area contributed by atoms with E-state index in [4.69, 9.17) is 0 Å². The number of ketones is 1. The SMILES string of the molecule is C=CC(=O)OCC(=O)C=CC. The molecule has 0 aliphatic carbocycles. The van der Waals surface area contributed by atoms with Crippen LogP contribution in [0.5, 0.6) is 0 Å². The number of rotatable bonds is 4. The highest BCUT2D eigenvalue weighted by Gasteiger charge is 1.99. The number of ether oxygens (including phenoxy) is 1. The van der Waals surface area contributed by atoms with Crippen molar-refractivity contribution in [3.63, 3.8) is 0 Å². The summed E-state index contributed by atoms with van der Waals surface area (Å²) in [6.07, 6.45) is 3.95. The molecule has 0 saturated heterocycles. The van der Waals surface area contributed by atoms with Crippen LogP contribution in [0, 0.1) is 0 Å². The van der Waals surface area contributed by atoms with Gasteiger partial charge in [0.1, 0.15) is 0 Å². The van der Waals surface area contributed by atoms with Crippen LogP contribution in [0.4, 0.5) is 0 Å². The summed E-state index contributed by atoms with van der Waals surface area (Å²) in [7, 11) is 0. The minimum absolute atomic E-state index is 0.213. The second-order valence-electron chi connectivity index (χ2n) is 1.78. The third-order valence-corrected chi connectivity index (χ3v) is 0.876. The van der Waals surface area contributed by atoms with Crippen LogP contribution < -0.4 is 0 Å². The molecule has 0 aromatic carbocycles. The van der Waals surface area contributed by atoms with Crippen molar-refractivity contribution < 1.29 is 14.3 Å². The Hall–Kier alpha value is -1.38. The maximum absolute atomic E-state index is 10.7. The molecule has 0 fully saturated rings. The summed E-state index contributed by atoms with van der Waals surface area (Å²) in [5, 5.41) is 0. The normalized spacial score (nSPS) is 9.55. The lowest BCUT2D eigenvalue weighted by Crippen LogP contribution is -2.09. The zero-order valence-corrected chi connectivity index (χ0v) is 6.37. The molecule has 0 spiro atoms. The van der Waals surface area contributed by atoms with E-state index in [0.29, 0.717) is 0 Å². The molecule has 0 unspecified atom stereocenters. The molecule has 0 saturated carbocycles. The number of hydrogen-bond donors (Lipinski definition) is 0. The molecule has 0 aliphatic heterocycles. The van der Waals surface area contributed by atoms with Crippen molar-refractivity contribution in [1.29, 1.82) is 0 Å². The molecular weight excluding hydrogens is 144 g/mol. The molecule has 0 atom stereocenters. The lowest BCUT2D eigenvalue weighted by Gasteiger charge is -1.95. The highest BCUT2D eigenvalue weighted by Crippen LogP contribution is 1.82. The highest BCUT2D eigenvalue weighted by molar-refractivity contribution is 5.92. The van der Waals surface area contributed by atoms with E-state index in [0.717, 1.165) is 6.08 Å². The molecular formula is C8H10O3. The van der Waals surface area contributed by atoms with Crippen molar-refractivity contribution in [2.45, 2.75) is 6.92 Å². The molecule has 60 valence electrons. The predicted octanol–water partition coefficient (Wildman–Crippen LogP) is 0.861. The van der Waals surface area contributed by atoms with E-state index in [2.05, 4.69) is 11.3 Å². The van der Waals surface area contributed by atoms with Crippen molar-refractivity contribution in [3.8, 4) is 0 Å². The van der Waals surface area contributed by atoms with Gasteiger partial charge in [-0.3, -0.25) is 4.79 Å². The average molecular weight is 154 g/mol. The molecule has 11 heavy (non-hydrogen) atoms. The van der Waals surface area contributed by atoms with E-state index < -0.39 is 5.97 Å². The van der Waals surface area contributed by atoms with Crippen molar-refractivity contribution in [2.24, 2.45) is 0 Å². The van der Waals surface area contributed by atoms with Gasteiger partial charge >= 0.3 is 5.97 Å². The number of carbonyl (C=O) groups excluding carboxylic acids is 2. The van der Waals surface area contributed by atoms with Gasteiger partial charge in [-0.05, 0) is 13.0 Å². The first-order valence-electron chi connectivity index (χ1n) is 3.15. The summed E-state index contributed by atoms with van der Waals surface area (Å²) in [6.45, 7) is 4.68. The van der Waals surface area contributed by atoms with Gasteiger partial charge in [0.2, 0.25) is 0 Å². The van der Waals surface area contributed by atoms with Gasteiger partial charge in [-0.15, -0.1) is 0 Å². The van der Waals surface area contributed by atoms with Gasteiger partial charge in [0.25, 0.3) is 0 Å². The Morgan fingerprint density at radius 3 is 2.64 bits per heavy atom. The minimum atomic E-state index is -0.581. The topological polar surface area (TPSA) is 43.4 Å². The molecule has 0 bridgehead atoms. The molecule has 0 heterocycles. The van der Waals surface area contributed by atoms with Gasteiger partial charge < -0.3 is 4.74 Å². The van der Waals surface area contributed by atoms with E-state index >= 15 is 0 Å². The van der Waals surface area contributed by atoms with E-state index in [9.17, 15) is 9.59 Å². The van der Waals surface area contributed by atoms with Gasteiger partial charge in [-0.25, -0.2) is 4.79 Å². The van der Waals surface area contributed by atoms with Crippen LogP contribution in [-0.4, -0.2) is 18.4 Å². The highest BCUT2D eigenvalue weighted by atomic mass is 16.5. The smallest absolute Gasteiger partial charge is 0.330 e. The molecule has 3 nitrogen and oxygen atoms in total. The van der Waals surface area contributed by atoms with E-state index in [1.54, 1.807) is 13.0 Å². The summed E-state index contributed by atoms with van der Waals surface area (Å²) < 4.78 is 4.45. The summed E-state index contributed by atoms with van der Waals surface area (Å²) in [5.74, 6) is -0.814. The summed E-state index contributed by atoms with van der Waals surface area (Å²) in [4.78, 5) is 21.1. The zero-order valence-electron chi connectivity index (χ0n) is 6.37. The molecule has 0 amide bonds. The van der Waals surface area contributed by atoms with E-state index in [1.165, 1.54) is 6.08 Å². The lowest BCUT2D eigenvalue weighted by atomic mass is 10.4. The summed E-state index contributed by atoms with van der Waals surface area (Å²) in [6, 6.07) is 0. The maximum Gasteiger partial charge on any atom is 0.330 e. The Morgan fingerprint density at radius 2 is 2.18 bits per heavy atom. The largest absolute Gasteiger partial charge is 0.454 e. The maximum atomic E-state index is 10.7. The fourth-order valence-corrected chi connectivity index (χ4v) is 0.435. The fourth-order valence-electron chi connectivity index (χ4n) is 0.435. The zero-order chi connectivity index (χ0) is 8.69. The molecule has 0 radical (unpaired) electrons. The first-order chi connectivity index (χ1) is 5.20. The standard InChI is InChI=1S/C8H10O3/c1-3-5-7(9)6-11-8(10)4-2/h3-5H,2,6H2,1H3. The summed E-state index contributed by atoms with van der Waals surface area (Å²) in [5.41, 5.74) is 0. The molecule has 0 aromatic heterocycles. The second kappa shape index (κ2) is 5.41. The van der Waals surface area contributed by atoms with Crippen molar-refractivity contribution in [3.05, 3.63) is 24.8 Å². The minimum Gasteiger partial charge on any atom is -0.454 e. The number of hydrogen-bond acceptors (Lipinski definition) is 3. The third-order valence-electron chi connectivity index (χ3n) is 0.876. The lowest BCUT2D eigenvalue weighted by molar-refractivity contribution is -0.141. The van der Waals surface area contributed by atoms with Crippen LogP contribution in [-0.2, 0) is 14.3 Å². The van der Waals surface area contributed by atoms with Gasteiger partial charge in [0.15, 0.2) is 12.4 Å². The van der Waals surface area contributed by atoms with Crippen LogP contribution in [0.25, 0.3) is 0 Å². The number of carbonyl (C=O) groups is 2. The first kappa shape index (κ1) is 9.62. The molecule has 3 heteroatoms. The van der Waals surface area contributed by atoms with Crippen LogP contribution >= 0.6 is 0 Å². The third kappa shape index (κ3) is 5.08. The van der Waals surface area contributed by atoms with Gasteiger partial charge in [-0.2, -0.15) is 0 Å². The molecule has 0 aromatic rings. The van der Waals surface area contributed by atoms with Crippen LogP contribution in [0.2, 0.25) is 0 Å². The Bertz CT molecular complexity index is 192. The van der Waals surface area contributed by atoms with Crippen molar-refractivity contribution in [1.82, 2.24) is 0 Å². The second-order valence-corrected chi connectivity index (χ2v) is 1.78. The summed E-state index contributed by atoms with van der Waals surface area (Å²) >= 11 is 0. The average Bonchev–Trinajstić information content (AvgIpc) is 2.01. The fraction of sp³-hybridized carbons (Fsp3) is 0.250. The van der Waals surface area contributed by atoms with E-state index in [-0.39, 0.29) is 12.4 Å². The Kier molecular flexibility index (Phi) is 4.73. The molecule has 0 aliphatic rings.